The quantitative estimate of drug-likeness (QED) is 0.805. The summed E-state index contributed by atoms with van der Waals surface area (Å²) in [6.07, 6.45) is 0.384. The summed E-state index contributed by atoms with van der Waals surface area (Å²) < 4.78 is 19.4. The zero-order chi connectivity index (χ0) is 15.1. The Kier molecular flexibility index (Phi) is 6.15. The fraction of sp³-hybridized carbons (Fsp3) is 0.500. The zero-order valence-electron chi connectivity index (χ0n) is 11.9. The lowest BCUT2D eigenvalue weighted by Crippen LogP contribution is -2.46. The van der Waals surface area contributed by atoms with Crippen molar-refractivity contribution in [2.45, 2.75) is 19.0 Å². The maximum absolute atomic E-state index is 14.1. The van der Waals surface area contributed by atoms with Crippen molar-refractivity contribution in [3.05, 3.63) is 35.1 Å². The molecule has 0 bridgehead atoms. The van der Waals surface area contributed by atoms with E-state index >= 15 is 0 Å². The predicted octanol–water partition coefficient (Wildman–Crippen LogP) is 0.753. The second-order valence-electron chi connectivity index (χ2n) is 4.96. The molecule has 1 fully saturated rings. The summed E-state index contributed by atoms with van der Waals surface area (Å²) in [5, 5.41) is 18.0. The molecule has 0 aromatic heterocycles. The number of hydrogen-bond acceptors (Lipinski definition) is 4. The number of rotatable bonds is 4. The zero-order valence-corrected chi connectivity index (χ0v) is 11.9. The summed E-state index contributed by atoms with van der Waals surface area (Å²) in [5.41, 5.74) is 1.19. The lowest BCUT2D eigenvalue weighted by molar-refractivity contribution is -0.0316. The number of hydrogen-bond donors (Lipinski definition) is 2. The van der Waals surface area contributed by atoms with Gasteiger partial charge in [-0.15, -0.1) is 0 Å². The molecule has 2 N–H and O–H groups in total. The standard InChI is InChI=1S/C16H20FNO3/c17-16-9-13(3-1-2-7-19)4-5-14(16)10-18-6-8-21-12-15(18)11-20/h4-5,9,15,19-20H,2,6-8,10-12H2. The predicted molar refractivity (Wildman–Crippen MR) is 77.1 cm³/mol. The lowest BCUT2D eigenvalue weighted by atomic mass is 10.1. The monoisotopic (exact) mass is 293 g/mol. The van der Waals surface area contributed by atoms with Gasteiger partial charge in [0.15, 0.2) is 0 Å². The van der Waals surface area contributed by atoms with Crippen molar-refractivity contribution in [1.82, 2.24) is 4.90 Å². The van der Waals surface area contributed by atoms with Crippen molar-refractivity contribution in [2.24, 2.45) is 0 Å². The third-order valence-corrected chi connectivity index (χ3v) is 3.46. The summed E-state index contributed by atoms with van der Waals surface area (Å²) in [5.74, 6) is 5.29. The van der Waals surface area contributed by atoms with Gasteiger partial charge in [0.2, 0.25) is 0 Å². The molecule has 114 valence electrons. The van der Waals surface area contributed by atoms with Gasteiger partial charge in [0.05, 0.1) is 32.5 Å². The van der Waals surface area contributed by atoms with Crippen LogP contribution in [0.25, 0.3) is 0 Å². The van der Waals surface area contributed by atoms with E-state index in [2.05, 4.69) is 11.8 Å². The van der Waals surface area contributed by atoms with E-state index < -0.39 is 0 Å². The van der Waals surface area contributed by atoms with Gasteiger partial charge in [0, 0.05) is 30.6 Å². The van der Waals surface area contributed by atoms with Crippen molar-refractivity contribution in [1.29, 1.82) is 0 Å². The largest absolute Gasteiger partial charge is 0.395 e. The van der Waals surface area contributed by atoms with E-state index in [1.807, 2.05) is 4.90 Å². The second kappa shape index (κ2) is 8.11. The second-order valence-corrected chi connectivity index (χ2v) is 4.96. The molecule has 1 aliphatic heterocycles. The van der Waals surface area contributed by atoms with Gasteiger partial charge < -0.3 is 14.9 Å². The minimum Gasteiger partial charge on any atom is -0.395 e. The van der Waals surface area contributed by atoms with Gasteiger partial charge >= 0.3 is 0 Å². The molecule has 1 atom stereocenters. The van der Waals surface area contributed by atoms with Crippen LogP contribution in [0.5, 0.6) is 0 Å². The Bertz CT molecular complexity index is 524. The molecule has 1 unspecified atom stereocenters. The Morgan fingerprint density at radius 1 is 1.38 bits per heavy atom. The molecule has 21 heavy (non-hydrogen) atoms. The molecule has 2 rings (SSSR count). The molecular formula is C16H20FNO3. The average Bonchev–Trinajstić information content (AvgIpc) is 2.50. The lowest BCUT2D eigenvalue weighted by Gasteiger charge is -2.34. The molecule has 0 amide bonds. The van der Waals surface area contributed by atoms with E-state index in [-0.39, 0.29) is 25.1 Å². The highest BCUT2D eigenvalue weighted by Crippen LogP contribution is 2.16. The number of halogens is 1. The Morgan fingerprint density at radius 3 is 2.95 bits per heavy atom. The summed E-state index contributed by atoms with van der Waals surface area (Å²) in [7, 11) is 0. The van der Waals surface area contributed by atoms with Crippen LogP contribution < -0.4 is 0 Å². The van der Waals surface area contributed by atoms with E-state index in [1.54, 1.807) is 12.1 Å². The summed E-state index contributed by atoms with van der Waals surface area (Å²) in [6, 6.07) is 4.83. The van der Waals surface area contributed by atoms with Crippen LogP contribution in [0, 0.1) is 17.7 Å². The molecule has 4 nitrogen and oxygen atoms in total. The molecular weight excluding hydrogens is 273 g/mol. The smallest absolute Gasteiger partial charge is 0.128 e. The first kappa shape index (κ1) is 15.9. The molecule has 0 saturated carbocycles. The van der Waals surface area contributed by atoms with Crippen molar-refractivity contribution in [3.63, 3.8) is 0 Å². The van der Waals surface area contributed by atoms with Crippen LogP contribution >= 0.6 is 0 Å². The molecule has 1 aromatic rings. The summed E-state index contributed by atoms with van der Waals surface area (Å²) in [6.45, 7) is 2.22. The van der Waals surface area contributed by atoms with E-state index in [4.69, 9.17) is 9.84 Å². The minimum atomic E-state index is -0.297. The molecule has 1 aliphatic rings. The Morgan fingerprint density at radius 2 is 2.24 bits per heavy atom. The third-order valence-electron chi connectivity index (χ3n) is 3.46. The normalized spacial score (nSPS) is 19.1. The van der Waals surface area contributed by atoms with Crippen LogP contribution in [-0.4, -0.2) is 54.1 Å². The molecule has 0 aliphatic carbocycles. The van der Waals surface area contributed by atoms with E-state index in [0.717, 1.165) is 0 Å². The van der Waals surface area contributed by atoms with Crippen LogP contribution in [-0.2, 0) is 11.3 Å². The highest BCUT2D eigenvalue weighted by atomic mass is 19.1. The summed E-state index contributed by atoms with van der Waals surface area (Å²) >= 11 is 0. The van der Waals surface area contributed by atoms with Crippen molar-refractivity contribution >= 4 is 0 Å². The fourth-order valence-electron chi connectivity index (χ4n) is 2.26. The molecule has 1 saturated heterocycles. The Labute approximate surface area is 124 Å². The van der Waals surface area contributed by atoms with Crippen molar-refractivity contribution < 1.29 is 19.3 Å². The molecule has 0 spiro atoms. The number of benzene rings is 1. The maximum Gasteiger partial charge on any atom is 0.128 e. The number of morpholine rings is 1. The van der Waals surface area contributed by atoms with Gasteiger partial charge in [0.25, 0.3) is 0 Å². The van der Waals surface area contributed by atoms with Gasteiger partial charge in [-0.2, -0.15) is 0 Å². The van der Waals surface area contributed by atoms with Gasteiger partial charge in [-0.1, -0.05) is 17.9 Å². The molecule has 1 aromatic carbocycles. The maximum atomic E-state index is 14.1. The van der Waals surface area contributed by atoms with Crippen LogP contribution in [0.2, 0.25) is 0 Å². The SMILES string of the molecule is OCCC#Cc1ccc(CN2CCOCC2CO)c(F)c1. The minimum absolute atomic E-state index is 0.00629. The van der Waals surface area contributed by atoms with Crippen LogP contribution in [0.1, 0.15) is 17.5 Å². The van der Waals surface area contributed by atoms with E-state index in [9.17, 15) is 9.50 Å². The van der Waals surface area contributed by atoms with Gasteiger partial charge in [0.1, 0.15) is 5.82 Å². The van der Waals surface area contributed by atoms with Gasteiger partial charge in [-0.3, -0.25) is 4.90 Å². The van der Waals surface area contributed by atoms with Crippen molar-refractivity contribution in [3.8, 4) is 11.8 Å². The topological polar surface area (TPSA) is 52.9 Å². The number of aliphatic hydroxyl groups excluding tert-OH is 2. The van der Waals surface area contributed by atoms with E-state index in [0.29, 0.717) is 43.9 Å². The van der Waals surface area contributed by atoms with Crippen LogP contribution in [0.3, 0.4) is 0 Å². The average molecular weight is 293 g/mol. The Balaban J connectivity index is 2.05. The molecule has 1 heterocycles. The third kappa shape index (κ3) is 4.51. The van der Waals surface area contributed by atoms with Gasteiger partial charge in [-0.05, 0) is 12.1 Å². The van der Waals surface area contributed by atoms with Crippen molar-refractivity contribution in [2.75, 3.05) is 33.0 Å². The fourth-order valence-corrected chi connectivity index (χ4v) is 2.26. The van der Waals surface area contributed by atoms with Crippen LogP contribution in [0.4, 0.5) is 4.39 Å². The van der Waals surface area contributed by atoms with E-state index in [1.165, 1.54) is 6.07 Å². The number of aliphatic hydroxyl groups is 2. The first-order valence-corrected chi connectivity index (χ1v) is 7.05. The van der Waals surface area contributed by atoms with Crippen LogP contribution in [0.15, 0.2) is 18.2 Å². The first-order valence-electron chi connectivity index (χ1n) is 7.05. The highest BCUT2D eigenvalue weighted by molar-refractivity contribution is 5.37. The van der Waals surface area contributed by atoms with Gasteiger partial charge in [-0.25, -0.2) is 4.39 Å². The Hall–Kier alpha value is -1.45. The molecule has 5 heteroatoms. The summed E-state index contributed by atoms with van der Waals surface area (Å²) in [4.78, 5) is 2.03. The highest BCUT2D eigenvalue weighted by Gasteiger charge is 2.23. The molecule has 0 radical (unpaired) electrons. The number of nitrogens with zero attached hydrogens (tertiary/aromatic N) is 1. The number of ether oxygens (including phenoxy) is 1. The first-order chi connectivity index (χ1) is 10.2.